The number of aliphatic hydroxyl groups excluding tert-OH is 1. The van der Waals surface area contributed by atoms with Gasteiger partial charge in [0.1, 0.15) is 5.76 Å². The zero-order chi connectivity index (χ0) is 26.1. The summed E-state index contributed by atoms with van der Waals surface area (Å²) in [7, 11) is 0. The number of ketones is 1. The molecule has 1 aliphatic heterocycles. The number of nitrogens with zero attached hydrogens (tertiary/aromatic N) is 3. The smallest absolute Gasteiger partial charge is 0.301 e. The number of thioether (sulfide) groups is 1. The third kappa shape index (κ3) is 5.25. The summed E-state index contributed by atoms with van der Waals surface area (Å²) in [5, 5.41) is 20.1. The molecule has 0 aliphatic carbocycles. The zero-order valence-corrected chi connectivity index (χ0v) is 23.2. The molecular formula is C28H22BrN3O3S2. The Kier molecular flexibility index (Phi) is 7.28. The summed E-state index contributed by atoms with van der Waals surface area (Å²) in [6.45, 7) is 3.98. The highest BCUT2D eigenvalue weighted by Gasteiger charge is 2.48. The number of rotatable bonds is 6. The summed E-state index contributed by atoms with van der Waals surface area (Å²) in [4.78, 5) is 28.0. The Balaban J connectivity index is 1.53. The molecule has 0 radical (unpaired) electrons. The number of carbonyl (C=O) groups excluding carboxylic acids is 2. The fourth-order valence-corrected chi connectivity index (χ4v) is 6.13. The molecular weight excluding hydrogens is 570 g/mol. The molecule has 186 valence electrons. The highest BCUT2D eigenvalue weighted by Crippen LogP contribution is 2.44. The molecule has 5 rings (SSSR count). The van der Waals surface area contributed by atoms with Gasteiger partial charge >= 0.3 is 5.91 Å². The van der Waals surface area contributed by atoms with Gasteiger partial charge < -0.3 is 5.11 Å². The van der Waals surface area contributed by atoms with Crippen LogP contribution in [0.15, 0.2) is 87.2 Å². The maximum absolute atomic E-state index is 13.3. The van der Waals surface area contributed by atoms with Gasteiger partial charge in [-0.25, -0.2) is 0 Å². The van der Waals surface area contributed by atoms with E-state index in [1.165, 1.54) is 33.6 Å². The normalized spacial score (nSPS) is 16.9. The number of carbonyl (C=O) groups is 2. The number of amides is 1. The van der Waals surface area contributed by atoms with Crippen LogP contribution in [0.25, 0.3) is 5.76 Å². The van der Waals surface area contributed by atoms with Crippen molar-refractivity contribution in [2.75, 3.05) is 4.90 Å². The number of anilines is 1. The van der Waals surface area contributed by atoms with Gasteiger partial charge in [0.2, 0.25) is 5.13 Å². The lowest BCUT2D eigenvalue weighted by Gasteiger charge is -2.22. The molecule has 1 aliphatic rings. The molecule has 1 amide bonds. The third-order valence-electron chi connectivity index (χ3n) is 6.04. The average molecular weight is 593 g/mol. The minimum atomic E-state index is -0.836. The Hall–Kier alpha value is -3.27. The minimum absolute atomic E-state index is 0.0280. The Morgan fingerprint density at radius 1 is 0.946 bits per heavy atom. The Bertz CT molecular complexity index is 1500. The molecule has 3 aromatic carbocycles. The lowest BCUT2D eigenvalue weighted by atomic mass is 9.95. The van der Waals surface area contributed by atoms with E-state index in [0.717, 1.165) is 15.6 Å². The number of benzene rings is 3. The van der Waals surface area contributed by atoms with E-state index in [4.69, 9.17) is 0 Å². The van der Waals surface area contributed by atoms with Gasteiger partial charge in [-0.1, -0.05) is 111 Å². The fourth-order valence-electron chi connectivity index (χ4n) is 4.04. The van der Waals surface area contributed by atoms with Crippen molar-refractivity contribution in [3.8, 4) is 0 Å². The van der Waals surface area contributed by atoms with Crippen LogP contribution in [0, 0.1) is 13.8 Å². The Labute approximate surface area is 231 Å². The van der Waals surface area contributed by atoms with Gasteiger partial charge in [0, 0.05) is 15.8 Å². The van der Waals surface area contributed by atoms with E-state index < -0.39 is 17.7 Å². The van der Waals surface area contributed by atoms with Gasteiger partial charge in [-0.3, -0.25) is 14.5 Å². The van der Waals surface area contributed by atoms with Gasteiger partial charge in [0.05, 0.1) is 11.6 Å². The van der Waals surface area contributed by atoms with Crippen molar-refractivity contribution in [2.24, 2.45) is 0 Å². The van der Waals surface area contributed by atoms with Crippen LogP contribution in [0.2, 0.25) is 0 Å². The van der Waals surface area contributed by atoms with Crippen molar-refractivity contribution in [3.63, 3.8) is 0 Å². The zero-order valence-electron chi connectivity index (χ0n) is 20.0. The first-order chi connectivity index (χ1) is 17.8. The Morgan fingerprint density at radius 3 is 2.22 bits per heavy atom. The fraction of sp³-hybridized carbons (Fsp3) is 0.143. The van der Waals surface area contributed by atoms with Crippen LogP contribution in [-0.2, 0) is 15.3 Å². The molecule has 2 heterocycles. The van der Waals surface area contributed by atoms with E-state index >= 15 is 0 Å². The summed E-state index contributed by atoms with van der Waals surface area (Å²) in [6.07, 6.45) is 0. The predicted molar refractivity (Wildman–Crippen MR) is 151 cm³/mol. The molecule has 1 fully saturated rings. The second-order valence-electron chi connectivity index (χ2n) is 8.71. The van der Waals surface area contributed by atoms with Crippen molar-refractivity contribution in [3.05, 3.63) is 111 Å². The van der Waals surface area contributed by atoms with Crippen molar-refractivity contribution < 1.29 is 14.7 Å². The maximum Gasteiger partial charge on any atom is 0.301 e. The highest BCUT2D eigenvalue weighted by atomic mass is 79.9. The number of aliphatic hydroxyl groups is 1. The maximum atomic E-state index is 13.3. The van der Waals surface area contributed by atoms with E-state index in [0.29, 0.717) is 26.4 Å². The van der Waals surface area contributed by atoms with E-state index in [2.05, 4.69) is 50.4 Å². The largest absolute Gasteiger partial charge is 0.507 e. The monoisotopic (exact) mass is 591 g/mol. The highest BCUT2D eigenvalue weighted by molar-refractivity contribution is 9.10. The van der Waals surface area contributed by atoms with E-state index in [9.17, 15) is 14.7 Å². The molecule has 0 spiro atoms. The minimum Gasteiger partial charge on any atom is -0.507 e. The number of hydrogen-bond acceptors (Lipinski definition) is 7. The van der Waals surface area contributed by atoms with Gasteiger partial charge in [0.15, 0.2) is 4.34 Å². The molecule has 1 N–H and O–H groups in total. The first-order valence-electron chi connectivity index (χ1n) is 11.5. The first-order valence-corrected chi connectivity index (χ1v) is 14.1. The Morgan fingerprint density at radius 2 is 1.57 bits per heavy atom. The molecule has 4 aromatic rings. The van der Waals surface area contributed by atoms with Gasteiger partial charge in [-0.2, -0.15) is 0 Å². The summed E-state index contributed by atoms with van der Waals surface area (Å²) >= 11 is 6.21. The summed E-state index contributed by atoms with van der Waals surface area (Å²) in [5.41, 5.74) is 4.55. The molecule has 1 saturated heterocycles. The molecule has 0 bridgehead atoms. The topological polar surface area (TPSA) is 83.4 Å². The van der Waals surface area contributed by atoms with Crippen molar-refractivity contribution in [2.45, 2.75) is 30.0 Å². The van der Waals surface area contributed by atoms with Crippen LogP contribution in [0.5, 0.6) is 0 Å². The quantitative estimate of drug-likeness (QED) is 0.0869. The SMILES string of the molecule is Cc1ccc(CSc2nnc(N3C(=O)C(=O)/C(=C(\O)c4ccc(C)cc4)C3c3ccc(Br)cc3)s2)cc1. The number of halogens is 1. The van der Waals surface area contributed by atoms with E-state index in [1.807, 2.05) is 50.2 Å². The molecule has 1 aromatic heterocycles. The van der Waals surface area contributed by atoms with Crippen LogP contribution >= 0.6 is 39.0 Å². The van der Waals surface area contributed by atoms with Crippen molar-refractivity contribution in [1.29, 1.82) is 0 Å². The summed E-state index contributed by atoms with van der Waals surface area (Å²) in [5.74, 6) is -1.01. The van der Waals surface area contributed by atoms with Gasteiger partial charge in [0.25, 0.3) is 5.78 Å². The molecule has 6 nitrogen and oxygen atoms in total. The predicted octanol–water partition coefficient (Wildman–Crippen LogP) is 6.84. The van der Waals surface area contributed by atoms with Crippen molar-refractivity contribution >= 4 is 61.6 Å². The molecule has 1 atom stereocenters. The van der Waals surface area contributed by atoms with Crippen LogP contribution in [0.1, 0.15) is 33.9 Å². The second kappa shape index (κ2) is 10.6. The number of Topliss-reactive ketones (excluding diaryl/α,β-unsaturated/α-hetero) is 1. The molecule has 1 unspecified atom stereocenters. The van der Waals surface area contributed by atoms with E-state index in [1.54, 1.807) is 12.1 Å². The third-order valence-corrected chi connectivity index (χ3v) is 8.70. The van der Waals surface area contributed by atoms with E-state index in [-0.39, 0.29) is 11.3 Å². The van der Waals surface area contributed by atoms with Crippen molar-refractivity contribution in [1.82, 2.24) is 10.2 Å². The second-order valence-corrected chi connectivity index (χ2v) is 11.8. The number of aryl methyl sites for hydroxylation is 2. The standard InChI is InChI=1S/C28H22BrN3O3S2/c1-16-3-7-18(8-4-16)15-36-28-31-30-27(37-28)32-23(19-11-13-21(29)14-12-19)22(25(34)26(32)35)24(33)20-9-5-17(2)6-10-20/h3-14,23,33H,15H2,1-2H3/b24-22-. The number of aromatic nitrogens is 2. The summed E-state index contributed by atoms with van der Waals surface area (Å²) in [6, 6.07) is 21.9. The lowest BCUT2D eigenvalue weighted by Crippen LogP contribution is -2.29. The molecule has 0 saturated carbocycles. The molecule has 37 heavy (non-hydrogen) atoms. The van der Waals surface area contributed by atoms with Gasteiger partial charge in [-0.15, -0.1) is 10.2 Å². The lowest BCUT2D eigenvalue weighted by molar-refractivity contribution is -0.132. The average Bonchev–Trinajstić information content (AvgIpc) is 3.46. The number of hydrogen-bond donors (Lipinski definition) is 1. The van der Waals surface area contributed by atoms with Crippen LogP contribution in [0.4, 0.5) is 5.13 Å². The van der Waals surface area contributed by atoms with Crippen LogP contribution in [-0.4, -0.2) is 27.0 Å². The van der Waals surface area contributed by atoms with Crippen LogP contribution in [0.3, 0.4) is 0 Å². The van der Waals surface area contributed by atoms with Crippen LogP contribution < -0.4 is 4.90 Å². The molecule has 9 heteroatoms. The summed E-state index contributed by atoms with van der Waals surface area (Å²) < 4.78 is 1.54. The van der Waals surface area contributed by atoms with Gasteiger partial charge in [-0.05, 0) is 37.1 Å². The first kappa shape index (κ1) is 25.4.